The van der Waals surface area contributed by atoms with Gasteiger partial charge in [-0.25, -0.2) is 9.79 Å². The fourth-order valence-electron chi connectivity index (χ4n) is 2.15. The predicted octanol–water partition coefficient (Wildman–Crippen LogP) is 0.0378. The van der Waals surface area contributed by atoms with Crippen LogP contribution in [-0.2, 0) is 9.53 Å². The first-order valence-corrected chi connectivity index (χ1v) is 7.81. The number of nitrogens with two attached hydrogens (primary N) is 1. The number of nitrogens with one attached hydrogen (secondary N) is 2. The maximum atomic E-state index is 11.6. The molecule has 0 atom stereocenters. The predicted molar refractivity (Wildman–Crippen MR) is 84.5 cm³/mol. The molecule has 0 unspecified atom stereocenters. The lowest BCUT2D eigenvalue weighted by molar-refractivity contribution is -0.119. The molecule has 0 radical (unpaired) electrons. The van der Waals surface area contributed by atoms with Crippen molar-refractivity contribution in [3.63, 3.8) is 0 Å². The molecule has 1 saturated heterocycles. The number of guanidine groups is 1. The van der Waals surface area contributed by atoms with Gasteiger partial charge in [0, 0.05) is 25.7 Å². The zero-order chi connectivity index (χ0) is 16.4. The summed E-state index contributed by atoms with van der Waals surface area (Å²) in [5.74, 6) is 0.130. The number of ether oxygens (including phenoxy) is 1. The summed E-state index contributed by atoms with van der Waals surface area (Å²) in [4.78, 5) is 28.7. The van der Waals surface area contributed by atoms with Crippen LogP contribution in [-0.4, -0.2) is 61.7 Å². The Morgan fingerprint density at radius 3 is 2.59 bits per heavy atom. The Bertz CT molecular complexity index is 392. The van der Waals surface area contributed by atoms with E-state index in [1.807, 2.05) is 6.92 Å². The first kappa shape index (κ1) is 18.1. The Labute approximate surface area is 131 Å². The Morgan fingerprint density at radius 2 is 2.00 bits per heavy atom. The number of aliphatic imine (C=N–C) groups is 1. The smallest absolute Gasteiger partial charge is 0.409 e. The first-order valence-electron chi connectivity index (χ1n) is 7.81. The monoisotopic (exact) mass is 313 g/mol. The third-order valence-corrected chi connectivity index (χ3v) is 3.34. The number of piperidine rings is 1. The van der Waals surface area contributed by atoms with Gasteiger partial charge in [0.05, 0.1) is 6.61 Å². The molecular weight excluding hydrogens is 286 g/mol. The maximum absolute atomic E-state index is 11.6. The molecule has 0 saturated carbocycles. The molecule has 1 fully saturated rings. The van der Waals surface area contributed by atoms with E-state index >= 15 is 0 Å². The molecule has 0 bridgehead atoms. The fraction of sp³-hybridized carbons (Fsp3) is 0.786. The van der Waals surface area contributed by atoms with E-state index in [2.05, 4.69) is 15.6 Å². The lowest BCUT2D eigenvalue weighted by Gasteiger charge is -2.31. The van der Waals surface area contributed by atoms with Crippen molar-refractivity contribution >= 4 is 18.0 Å². The van der Waals surface area contributed by atoms with E-state index in [9.17, 15) is 9.59 Å². The minimum absolute atomic E-state index is 0.0283. The van der Waals surface area contributed by atoms with Crippen LogP contribution in [0.3, 0.4) is 0 Å². The van der Waals surface area contributed by atoms with Gasteiger partial charge in [0.15, 0.2) is 5.96 Å². The van der Waals surface area contributed by atoms with Crippen LogP contribution >= 0.6 is 0 Å². The molecule has 126 valence electrons. The van der Waals surface area contributed by atoms with Crippen LogP contribution in [0.2, 0.25) is 0 Å². The van der Waals surface area contributed by atoms with Crippen molar-refractivity contribution in [2.75, 3.05) is 32.8 Å². The van der Waals surface area contributed by atoms with Crippen molar-refractivity contribution in [3.8, 4) is 0 Å². The molecule has 0 aromatic carbocycles. The van der Waals surface area contributed by atoms with Crippen LogP contribution in [0.15, 0.2) is 4.99 Å². The topological polar surface area (TPSA) is 109 Å². The molecule has 8 heteroatoms. The standard InChI is InChI=1S/C14H27N5O3/c1-3-7-16-12(20)10-17-13(15)18-11-5-8-19(9-6-11)14(21)22-4-2/h11H,3-10H2,1-2H3,(H,16,20)(H3,15,17,18). The molecule has 1 rings (SSSR count). The highest BCUT2D eigenvalue weighted by atomic mass is 16.6. The van der Waals surface area contributed by atoms with E-state index in [-0.39, 0.29) is 30.5 Å². The highest BCUT2D eigenvalue weighted by Gasteiger charge is 2.23. The largest absolute Gasteiger partial charge is 0.450 e. The first-order chi connectivity index (χ1) is 10.6. The number of amides is 2. The lowest BCUT2D eigenvalue weighted by Crippen LogP contribution is -2.48. The van der Waals surface area contributed by atoms with Crippen molar-refractivity contribution in [3.05, 3.63) is 0 Å². The van der Waals surface area contributed by atoms with Gasteiger partial charge in [-0.05, 0) is 26.2 Å². The van der Waals surface area contributed by atoms with Gasteiger partial charge in [-0.2, -0.15) is 0 Å². The molecule has 8 nitrogen and oxygen atoms in total. The molecule has 0 aromatic heterocycles. The van der Waals surface area contributed by atoms with Crippen LogP contribution in [0.25, 0.3) is 0 Å². The average Bonchev–Trinajstić information content (AvgIpc) is 2.52. The van der Waals surface area contributed by atoms with E-state index < -0.39 is 0 Å². The molecule has 1 heterocycles. The zero-order valence-electron chi connectivity index (χ0n) is 13.4. The van der Waals surface area contributed by atoms with E-state index in [1.54, 1.807) is 11.8 Å². The molecule has 1 aliphatic heterocycles. The summed E-state index contributed by atoms with van der Waals surface area (Å²) < 4.78 is 4.97. The number of hydrogen-bond donors (Lipinski definition) is 3. The molecule has 0 spiro atoms. The van der Waals surface area contributed by atoms with Crippen molar-refractivity contribution in [2.45, 2.75) is 39.2 Å². The van der Waals surface area contributed by atoms with Gasteiger partial charge in [0.1, 0.15) is 6.54 Å². The average molecular weight is 313 g/mol. The summed E-state index contributed by atoms with van der Waals surface area (Å²) in [5.41, 5.74) is 5.78. The second kappa shape index (κ2) is 9.86. The van der Waals surface area contributed by atoms with Gasteiger partial charge >= 0.3 is 6.09 Å². The summed E-state index contributed by atoms with van der Waals surface area (Å²) >= 11 is 0. The Morgan fingerprint density at radius 1 is 1.32 bits per heavy atom. The number of rotatable bonds is 6. The molecule has 2 amide bonds. The normalized spacial score (nSPS) is 16.3. The maximum Gasteiger partial charge on any atom is 0.409 e. The van der Waals surface area contributed by atoms with Gasteiger partial charge < -0.3 is 26.0 Å². The second-order valence-electron chi connectivity index (χ2n) is 5.16. The third kappa shape index (κ3) is 6.64. The SMILES string of the molecule is CCCNC(=O)CN=C(N)NC1CCN(C(=O)OCC)CC1. The number of carbonyl (C=O) groups excluding carboxylic acids is 2. The summed E-state index contributed by atoms with van der Waals surface area (Å²) in [7, 11) is 0. The lowest BCUT2D eigenvalue weighted by atomic mass is 10.1. The quantitative estimate of drug-likeness (QED) is 0.474. The van der Waals surface area contributed by atoms with Crippen molar-refractivity contribution in [1.29, 1.82) is 0 Å². The molecular formula is C14H27N5O3. The molecule has 1 aliphatic rings. The molecule has 4 N–H and O–H groups in total. The van der Waals surface area contributed by atoms with Gasteiger partial charge in [-0.15, -0.1) is 0 Å². The van der Waals surface area contributed by atoms with Crippen LogP contribution in [0.4, 0.5) is 4.79 Å². The zero-order valence-corrected chi connectivity index (χ0v) is 13.4. The Balaban J connectivity index is 2.27. The van der Waals surface area contributed by atoms with Crippen molar-refractivity contribution < 1.29 is 14.3 Å². The van der Waals surface area contributed by atoms with Crippen LogP contribution in [0.1, 0.15) is 33.1 Å². The summed E-state index contributed by atoms with van der Waals surface area (Å²) in [6.07, 6.45) is 2.17. The number of hydrogen-bond acceptors (Lipinski definition) is 4. The van der Waals surface area contributed by atoms with Crippen LogP contribution in [0, 0.1) is 0 Å². The van der Waals surface area contributed by atoms with Gasteiger partial charge in [-0.1, -0.05) is 6.92 Å². The van der Waals surface area contributed by atoms with Gasteiger partial charge in [0.25, 0.3) is 0 Å². The highest BCUT2D eigenvalue weighted by molar-refractivity contribution is 5.84. The van der Waals surface area contributed by atoms with Crippen molar-refractivity contribution in [2.24, 2.45) is 10.7 Å². The Hall–Kier alpha value is -1.99. The minimum Gasteiger partial charge on any atom is -0.450 e. The van der Waals surface area contributed by atoms with E-state index in [0.29, 0.717) is 26.2 Å². The summed E-state index contributed by atoms with van der Waals surface area (Å²) in [6, 6.07) is 0.160. The van der Waals surface area contributed by atoms with Crippen LogP contribution in [0.5, 0.6) is 0 Å². The summed E-state index contributed by atoms with van der Waals surface area (Å²) in [5, 5.41) is 5.82. The van der Waals surface area contributed by atoms with E-state index in [0.717, 1.165) is 19.3 Å². The highest BCUT2D eigenvalue weighted by Crippen LogP contribution is 2.11. The third-order valence-electron chi connectivity index (χ3n) is 3.34. The summed E-state index contributed by atoms with van der Waals surface area (Å²) in [6.45, 7) is 6.09. The molecule has 0 aliphatic carbocycles. The van der Waals surface area contributed by atoms with Crippen molar-refractivity contribution in [1.82, 2.24) is 15.5 Å². The minimum atomic E-state index is -0.268. The van der Waals surface area contributed by atoms with E-state index in [1.165, 1.54) is 0 Å². The number of likely N-dealkylation sites (tertiary alicyclic amines) is 1. The fourth-order valence-corrected chi connectivity index (χ4v) is 2.15. The Kier molecular flexibility index (Phi) is 8.09. The number of carbonyl (C=O) groups is 2. The number of nitrogens with zero attached hydrogens (tertiary/aromatic N) is 2. The van der Waals surface area contributed by atoms with E-state index in [4.69, 9.17) is 10.5 Å². The van der Waals surface area contributed by atoms with Crippen LogP contribution < -0.4 is 16.4 Å². The second-order valence-corrected chi connectivity index (χ2v) is 5.16. The van der Waals surface area contributed by atoms with Gasteiger partial charge in [0.2, 0.25) is 5.91 Å². The molecule has 22 heavy (non-hydrogen) atoms. The molecule has 0 aromatic rings. The van der Waals surface area contributed by atoms with Gasteiger partial charge in [-0.3, -0.25) is 4.79 Å².